The standard InChI is InChI=1S/C11H23N/c1-9-7-12(10(2,3)4)8-11(9,5)6/h9H,7-8H2,1-6H3. The zero-order valence-electron chi connectivity index (χ0n) is 9.44. The van der Waals surface area contributed by atoms with Gasteiger partial charge >= 0.3 is 0 Å². The van der Waals surface area contributed by atoms with Crippen LogP contribution in [0.5, 0.6) is 0 Å². The van der Waals surface area contributed by atoms with Crippen molar-refractivity contribution in [3.8, 4) is 0 Å². The van der Waals surface area contributed by atoms with Crippen LogP contribution in [0.15, 0.2) is 0 Å². The molecule has 72 valence electrons. The highest BCUT2D eigenvalue weighted by molar-refractivity contribution is 4.93. The molecule has 1 rings (SSSR count). The second-order valence-electron chi connectivity index (χ2n) is 5.94. The Morgan fingerprint density at radius 3 is 1.92 bits per heavy atom. The Morgan fingerprint density at radius 2 is 1.75 bits per heavy atom. The quantitative estimate of drug-likeness (QED) is 0.539. The summed E-state index contributed by atoms with van der Waals surface area (Å²) in [6.45, 7) is 16.6. The molecular weight excluding hydrogens is 146 g/mol. The van der Waals surface area contributed by atoms with Crippen LogP contribution in [-0.4, -0.2) is 23.5 Å². The van der Waals surface area contributed by atoms with Crippen LogP contribution in [-0.2, 0) is 0 Å². The second kappa shape index (κ2) is 2.73. The monoisotopic (exact) mass is 169 g/mol. The van der Waals surface area contributed by atoms with Gasteiger partial charge in [0, 0.05) is 18.6 Å². The molecule has 1 heterocycles. The molecule has 1 fully saturated rings. The van der Waals surface area contributed by atoms with Crippen LogP contribution in [0.1, 0.15) is 41.5 Å². The Bertz CT molecular complexity index is 164. The van der Waals surface area contributed by atoms with Gasteiger partial charge in [0.25, 0.3) is 0 Å². The van der Waals surface area contributed by atoms with Crippen molar-refractivity contribution in [2.24, 2.45) is 11.3 Å². The first-order valence-electron chi connectivity index (χ1n) is 4.98. The van der Waals surface area contributed by atoms with Gasteiger partial charge in [-0.15, -0.1) is 0 Å². The van der Waals surface area contributed by atoms with Crippen LogP contribution < -0.4 is 0 Å². The summed E-state index contributed by atoms with van der Waals surface area (Å²) >= 11 is 0. The van der Waals surface area contributed by atoms with Gasteiger partial charge in [-0.2, -0.15) is 0 Å². The van der Waals surface area contributed by atoms with Crippen molar-refractivity contribution in [2.45, 2.75) is 47.1 Å². The molecule has 1 saturated heterocycles. The predicted molar refractivity (Wildman–Crippen MR) is 54.3 cm³/mol. The van der Waals surface area contributed by atoms with Crippen LogP contribution >= 0.6 is 0 Å². The molecule has 0 amide bonds. The first-order valence-corrected chi connectivity index (χ1v) is 4.98. The third-order valence-corrected chi connectivity index (χ3v) is 3.38. The van der Waals surface area contributed by atoms with Crippen molar-refractivity contribution >= 4 is 0 Å². The van der Waals surface area contributed by atoms with E-state index < -0.39 is 0 Å². The van der Waals surface area contributed by atoms with E-state index in [1.165, 1.54) is 13.1 Å². The van der Waals surface area contributed by atoms with Crippen molar-refractivity contribution in [3.63, 3.8) is 0 Å². The third-order valence-electron chi connectivity index (χ3n) is 3.38. The lowest BCUT2D eigenvalue weighted by molar-refractivity contribution is 0.157. The largest absolute Gasteiger partial charge is 0.298 e. The first kappa shape index (κ1) is 10.0. The molecule has 0 bridgehead atoms. The molecule has 0 aromatic carbocycles. The highest BCUT2D eigenvalue weighted by Crippen LogP contribution is 2.37. The Morgan fingerprint density at radius 1 is 1.25 bits per heavy atom. The maximum Gasteiger partial charge on any atom is 0.0125 e. The number of hydrogen-bond donors (Lipinski definition) is 0. The summed E-state index contributed by atoms with van der Waals surface area (Å²) in [5.74, 6) is 0.830. The summed E-state index contributed by atoms with van der Waals surface area (Å²) in [6, 6.07) is 0. The Balaban J connectivity index is 2.67. The zero-order chi connectivity index (χ0) is 9.57. The van der Waals surface area contributed by atoms with Gasteiger partial charge < -0.3 is 0 Å². The minimum atomic E-state index is 0.349. The summed E-state index contributed by atoms with van der Waals surface area (Å²) in [5, 5.41) is 0. The van der Waals surface area contributed by atoms with Crippen LogP contribution in [0.4, 0.5) is 0 Å². The molecule has 0 aliphatic carbocycles. The molecule has 0 aromatic rings. The fourth-order valence-electron chi connectivity index (χ4n) is 1.80. The van der Waals surface area contributed by atoms with Crippen LogP contribution in [0.25, 0.3) is 0 Å². The summed E-state index contributed by atoms with van der Waals surface area (Å²) in [5.41, 5.74) is 0.856. The summed E-state index contributed by atoms with van der Waals surface area (Å²) in [4.78, 5) is 2.59. The second-order valence-corrected chi connectivity index (χ2v) is 5.94. The molecule has 0 aromatic heterocycles. The molecule has 1 aliphatic heterocycles. The highest BCUT2D eigenvalue weighted by atomic mass is 15.2. The van der Waals surface area contributed by atoms with Gasteiger partial charge in [0.1, 0.15) is 0 Å². The molecule has 12 heavy (non-hydrogen) atoms. The summed E-state index contributed by atoms with van der Waals surface area (Å²) in [7, 11) is 0. The molecule has 0 N–H and O–H groups in total. The molecule has 0 radical (unpaired) electrons. The normalized spacial score (nSPS) is 31.0. The SMILES string of the molecule is CC1CN(C(C)(C)C)CC1(C)C. The van der Waals surface area contributed by atoms with Crippen molar-refractivity contribution in [1.82, 2.24) is 4.90 Å². The van der Waals surface area contributed by atoms with E-state index in [4.69, 9.17) is 0 Å². The molecule has 1 heteroatoms. The number of likely N-dealkylation sites (tertiary alicyclic amines) is 1. The van der Waals surface area contributed by atoms with E-state index in [0.29, 0.717) is 11.0 Å². The number of nitrogens with zero attached hydrogens (tertiary/aromatic N) is 1. The van der Waals surface area contributed by atoms with Gasteiger partial charge in [-0.3, -0.25) is 4.90 Å². The van der Waals surface area contributed by atoms with Gasteiger partial charge in [0.15, 0.2) is 0 Å². The smallest absolute Gasteiger partial charge is 0.0125 e. The fourth-order valence-corrected chi connectivity index (χ4v) is 1.80. The van der Waals surface area contributed by atoms with Gasteiger partial charge in [-0.1, -0.05) is 20.8 Å². The molecule has 1 aliphatic rings. The Hall–Kier alpha value is -0.0400. The highest BCUT2D eigenvalue weighted by Gasteiger charge is 2.40. The van der Waals surface area contributed by atoms with Crippen molar-refractivity contribution < 1.29 is 0 Å². The van der Waals surface area contributed by atoms with E-state index >= 15 is 0 Å². The van der Waals surface area contributed by atoms with E-state index in [-0.39, 0.29) is 0 Å². The lowest BCUT2D eigenvalue weighted by Gasteiger charge is -2.32. The topological polar surface area (TPSA) is 3.24 Å². The molecular formula is C11H23N. The van der Waals surface area contributed by atoms with Crippen LogP contribution in [0.3, 0.4) is 0 Å². The number of rotatable bonds is 0. The van der Waals surface area contributed by atoms with E-state index in [1.54, 1.807) is 0 Å². The van der Waals surface area contributed by atoms with Crippen molar-refractivity contribution in [3.05, 3.63) is 0 Å². The van der Waals surface area contributed by atoms with Crippen molar-refractivity contribution in [1.29, 1.82) is 0 Å². The van der Waals surface area contributed by atoms with Gasteiger partial charge in [0.2, 0.25) is 0 Å². The third kappa shape index (κ3) is 1.82. The fraction of sp³-hybridized carbons (Fsp3) is 1.00. The molecule has 1 nitrogen and oxygen atoms in total. The maximum atomic E-state index is 2.59. The van der Waals surface area contributed by atoms with Gasteiger partial charge in [0.05, 0.1) is 0 Å². The van der Waals surface area contributed by atoms with E-state index in [1.807, 2.05) is 0 Å². The average molecular weight is 169 g/mol. The Kier molecular flexibility index (Phi) is 2.28. The number of hydrogen-bond acceptors (Lipinski definition) is 1. The summed E-state index contributed by atoms with van der Waals surface area (Å²) in [6.07, 6.45) is 0. The maximum absolute atomic E-state index is 2.59. The zero-order valence-corrected chi connectivity index (χ0v) is 9.44. The predicted octanol–water partition coefficient (Wildman–Crippen LogP) is 2.76. The van der Waals surface area contributed by atoms with Crippen molar-refractivity contribution in [2.75, 3.05) is 13.1 Å². The Labute approximate surface area is 77.1 Å². The van der Waals surface area contributed by atoms with Crippen LogP contribution in [0, 0.1) is 11.3 Å². The molecule has 1 atom stereocenters. The molecule has 1 unspecified atom stereocenters. The van der Waals surface area contributed by atoms with E-state index in [2.05, 4.69) is 46.4 Å². The summed E-state index contributed by atoms with van der Waals surface area (Å²) < 4.78 is 0. The first-order chi connectivity index (χ1) is 5.23. The van der Waals surface area contributed by atoms with Gasteiger partial charge in [-0.25, -0.2) is 0 Å². The molecule has 0 spiro atoms. The van der Waals surface area contributed by atoms with Gasteiger partial charge in [-0.05, 0) is 32.1 Å². The lowest BCUT2D eigenvalue weighted by atomic mass is 9.84. The molecule has 0 saturated carbocycles. The minimum Gasteiger partial charge on any atom is -0.298 e. The average Bonchev–Trinajstić information content (AvgIpc) is 2.06. The van der Waals surface area contributed by atoms with E-state index in [0.717, 1.165) is 5.92 Å². The lowest BCUT2D eigenvalue weighted by Crippen LogP contribution is -2.40. The van der Waals surface area contributed by atoms with Crippen LogP contribution in [0.2, 0.25) is 0 Å². The minimum absolute atomic E-state index is 0.349. The van der Waals surface area contributed by atoms with E-state index in [9.17, 15) is 0 Å².